The second-order valence-electron chi connectivity index (χ2n) is 10.4. The van der Waals surface area contributed by atoms with Crippen LogP contribution in [-0.4, -0.2) is 75.7 Å². The molecule has 3 aromatic carbocycles. The van der Waals surface area contributed by atoms with Gasteiger partial charge in [0, 0.05) is 66.1 Å². The van der Waals surface area contributed by atoms with Crippen LogP contribution in [0.25, 0.3) is 32.9 Å². The molecule has 2 aromatic heterocycles. The molecule has 10 nitrogen and oxygen atoms in total. The summed E-state index contributed by atoms with van der Waals surface area (Å²) in [4.78, 5) is 54.2. The van der Waals surface area contributed by atoms with Crippen molar-refractivity contribution in [3.8, 4) is 11.1 Å². The summed E-state index contributed by atoms with van der Waals surface area (Å²) in [6, 6.07) is 14.8. The Bertz CT molecular complexity index is 1880. The lowest BCUT2D eigenvalue weighted by Gasteiger charge is -2.32. The molecular formula is C31H28BrN7O3. The number of amides is 3. The van der Waals surface area contributed by atoms with Crippen LogP contribution >= 0.6 is 15.9 Å². The standard InChI is InChI=1S/C31H28BrN7O3/c1-17-20(4-3-5-24(17)37-30(41)29-34-15-19(32)16-35-29)21-8-9-23(28(33)40)27-26(21)22-7-6-18(14-25(22)36-27)31(42)39-12-10-38(2)11-13-39/h3-9,14-16,36H,10-13H2,1-2H3,(H2,33,40)(H,37,41). The first-order valence-electron chi connectivity index (χ1n) is 13.5. The third-order valence-corrected chi connectivity index (χ3v) is 8.16. The molecule has 212 valence electrons. The Kier molecular flexibility index (Phi) is 7.21. The number of halogens is 1. The van der Waals surface area contributed by atoms with E-state index >= 15 is 0 Å². The number of nitrogens with zero attached hydrogens (tertiary/aromatic N) is 4. The Balaban J connectivity index is 1.43. The molecule has 42 heavy (non-hydrogen) atoms. The first-order valence-corrected chi connectivity index (χ1v) is 14.3. The zero-order valence-corrected chi connectivity index (χ0v) is 24.7. The minimum atomic E-state index is -0.556. The molecule has 0 unspecified atom stereocenters. The van der Waals surface area contributed by atoms with Crippen molar-refractivity contribution in [3.05, 3.63) is 87.9 Å². The van der Waals surface area contributed by atoms with Gasteiger partial charge in [-0.25, -0.2) is 9.97 Å². The molecule has 3 heterocycles. The van der Waals surface area contributed by atoms with Gasteiger partial charge in [0.25, 0.3) is 17.7 Å². The lowest BCUT2D eigenvalue weighted by atomic mass is 9.93. The van der Waals surface area contributed by atoms with E-state index in [-0.39, 0.29) is 11.7 Å². The molecule has 6 rings (SSSR count). The van der Waals surface area contributed by atoms with Gasteiger partial charge in [0.1, 0.15) is 0 Å². The van der Waals surface area contributed by atoms with Crippen LogP contribution in [0.1, 0.15) is 36.9 Å². The van der Waals surface area contributed by atoms with E-state index in [9.17, 15) is 14.4 Å². The van der Waals surface area contributed by atoms with E-state index in [1.165, 1.54) is 12.4 Å². The number of carbonyl (C=O) groups is 3. The number of piperazine rings is 1. The van der Waals surface area contributed by atoms with Crippen molar-refractivity contribution in [2.75, 3.05) is 38.5 Å². The number of nitrogens with one attached hydrogen (secondary N) is 2. The number of likely N-dealkylation sites (N-methyl/N-ethyl adjacent to an activating group) is 1. The van der Waals surface area contributed by atoms with Gasteiger partial charge in [-0.15, -0.1) is 0 Å². The average Bonchev–Trinajstić information content (AvgIpc) is 3.37. The van der Waals surface area contributed by atoms with Gasteiger partial charge in [-0.2, -0.15) is 0 Å². The molecule has 0 saturated carbocycles. The van der Waals surface area contributed by atoms with E-state index in [0.29, 0.717) is 39.9 Å². The molecule has 1 fully saturated rings. The van der Waals surface area contributed by atoms with E-state index in [1.807, 2.05) is 54.3 Å². The van der Waals surface area contributed by atoms with Gasteiger partial charge >= 0.3 is 0 Å². The summed E-state index contributed by atoms with van der Waals surface area (Å²) in [6.45, 7) is 4.94. The number of aromatic nitrogens is 3. The number of hydrogen-bond donors (Lipinski definition) is 3. The second-order valence-corrected chi connectivity index (χ2v) is 11.3. The van der Waals surface area contributed by atoms with Gasteiger partial charge in [-0.1, -0.05) is 24.3 Å². The number of rotatable bonds is 5. The molecule has 0 radical (unpaired) electrons. The van der Waals surface area contributed by atoms with Crippen molar-refractivity contribution in [3.63, 3.8) is 0 Å². The Morgan fingerprint density at radius 2 is 1.71 bits per heavy atom. The average molecular weight is 627 g/mol. The summed E-state index contributed by atoms with van der Waals surface area (Å²) in [6.07, 6.45) is 3.03. The lowest BCUT2D eigenvalue weighted by molar-refractivity contribution is 0.0664. The summed E-state index contributed by atoms with van der Waals surface area (Å²) in [5.74, 6) is -0.955. The number of hydrogen-bond acceptors (Lipinski definition) is 6. The highest BCUT2D eigenvalue weighted by atomic mass is 79.9. The fraction of sp³-hybridized carbons (Fsp3) is 0.194. The van der Waals surface area contributed by atoms with E-state index in [0.717, 1.165) is 46.1 Å². The topological polar surface area (TPSA) is 137 Å². The molecule has 5 aromatic rings. The normalized spacial score (nSPS) is 13.9. The highest BCUT2D eigenvalue weighted by molar-refractivity contribution is 9.10. The van der Waals surface area contributed by atoms with E-state index in [2.05, 4.69) is 48.1 Å². The van der Waals surface area contributed by atoms with Gasteiger partial charge < -0.3 is 25.8 Å². The number of carbonyl (C=O) groups excluding carboxylic acids is 3. The maximum absolute atomic E-state index is 13.3. The summed E-state index contributed by atoms with van der Waals surface area (Å²) in [7, 11) is 2.05. The van der Waals surface area contributed by atoms with Crippen molar-refractivity contribution < 1.29 is 14.4 Å². The highest BCUT2D eigenvalue weighted by Crippen LogP contribution is 2.39. The van der Waals surface area contributed by atoms with Gasteiger partial charge in [-0.3, -0.25) is 14.4 Å². The Hall–Kier alpha value is -4.61. The molecule has 1 aliphatic heterocycles. The third-order valence-electron chi connectivity index (χ3n) is 7.75. The zero-order chi connectivity index (χ0) is 29.5. The second kappa shape index (κ2) is 11.0. The van der Waals surface area contributed by atoms with Crippen LogP contribution in [0, 0.1) is 6.92 Å². The molecular weight excluding hydrogens is 598 g/mol. The number of nitrogens with two attached hydrogens (primary N) is 1. The SMILES string of the molecule is Cc1c(NC(=O)c2ncc(Br)cn2)cccc1-c1ccc(C(N)=O)c2[nH]c3cc(C(=O)N4CCN(C)CC4)ccc3c12. The number of H-pyrrole nitrogens is 1. The lowest BCUT2D eigenvalue weighted by Crippen LogP contribution is -2.47. The van der Waals surface area contributed by atoms with Crippen molar-refractivity contribution in [1.82, 2.24) is 24.8 Å². The smallest absolute Gasteiger partial charge is 0.293 e. The molecule has 3 amide bonds. The van der Waals surface area contributed by atoms with Crippen molar-refractivity contribution >= 4 is 61.1 Å². The van der Waals surface area contributed by atoms with Crippen LogP contribution in [0.4, 0.5) is 5.69 Å². The molecule has 11 heteroatoms. The quantitative estimate of drug-likeness (QED) is 0.261. The molecule has 1 aliphatic rings. The van der Waals surface area contributed by atoms with Crippen LogP contribution in [-0.2, 0) is 0 Å². The van der Waals surface area contributed by atoms with Gasteiger partial charge in [-0.05, 0) is 70.9 Å². The van der Waals surface area contributed by atoms with Crippen LogP contribution in [0.15, 0.2) is 65.4 Å². The van der Waals surface area contributed by atoms with Gasteiger partial charge in [0.2, 0.25) is 5.82 Å². The first-order chi connectivity index (χ1) is 20.2. The fourth-order valence-corrected chi connectivity index (χ4v) is 5.64. The number of primary amides is 1. The van der Waals surface area contributed by atoms with Gasteiger partial charge in [0.05, 0.1) is 15.6 Å². The molecule has 0 atom stereocenters. The minimum Gasteiger partial charge on any atom is -0.366 e. The Labute approximate surface area is 250 Å². The summed E-state index contributed by atoms with van der Waals surface area (Å²) < 4.78 is 0.676. The van der Waals surface area contributed by atoms with Crippen LogP contribution in [0.5, 0.6) is 0 Å². The molecule has 0 spiro atoms. The van der Waals surface area contributed by atoms with Crippen LogP contribution in [0.2, 0.25) is 0 Å². The maximum Gasteiger partial charge on any atom is 0.293 e. The van der Waals surface area contributed by atoms with Crippen molar-refractivity contribution in [1.29, 1.82) is 0 Å². The minimum absolute atomic E-state index is 0.0203. The summed E-state index contributed by atoms with van der Waals surface area (Å²) in [5.41, 5.74) is 11.2. The van der Waals surface area contributed by atoms with Gasteiger partial charge in [0.15, 0.2) is 0 Å². The Morgan fingerprint density at radius 1 is 0.976 bits per heavy atom. The van der Waals surface area contributed by atoms with E-state index in [1.54, 1.807) is 6.07 Å². The van der Waals surface area contributed by atoms with Crippen molar-refractivity contribution in [2.45, 2.75) is 6.92 Å². The zero-order valence-electron chi connectivity index (χ0n) is 23.1. The highest BCUT2D eigenvalue weighted by Gasteiger charge is 2.23. The summed E-state index contributed by atoms with van der Waals surface area (Å²) in [5, 5.41) is 4.58. The largest absolute Gasteiger partial charge is 0.366 e. The number of anilines is 1. The molecule has 0 bridgehead atoms. The third kappa shape index (κ3) is 5.01. The predicted octanol–water partition coefficient (Wildman–Crippen LogP) is 4.59. The van der Waals surface area contributed by atoms with Crippen LogP contribution < -0.4 is 11.1 Å². The summed E-state index contributed by atoms with van der Waals surface area (Å²) >= 11 is 3.28. The fourth-order valence-electron chi connectivity index (χ4n) is 5.44. The molecule has 1 saturated heterocycles. The van der Waals surface area contributed by atoms with E-state index in [4.69, 9.17) is 5.73 Å². The van der Waals surface area contributed by atoms with Crippen molar-refractivity contribution in [2.24, 2.45) is 5.73 Å². The first kappa shape index (κ1) is 27.6. The number of aromatic amines is 1. The number of benzene rings is 3. The maximum atomic E-state index is 13.3. The number of fused-ring (bicyclic) bond motifs is 3. The Morgan fingerprint density at radius 3 is 2.43 bits per heavy atom. The molecule has 0 aliphatic carbocycles. The van der Waals surface area contributed by atoms with E-state index < -0.39 is 11.8 Å². The van der Waals surface area contributed by atoms with Crippen LogP contribution in [0.3, 0.4) is 0 Å². The predicted molar refractivity (Wildman–Crippen MR) is 166 cm³/mol. The molecule has 4 N–H and O–H groups in total. The monoisotopic (exact) mass is 625 g/mol.